The van der Waals surface area contributed by atoms with Gasteiger partial charge in [0.1, 0.15) is 22.6 Å². The smallest absolute Gasteiger partial charge is 0.368 e. The van der Waals surface area contributed by atoms with Gasteiger partial charge in [-0.25, -0.2) is 4.39 Å². The Kier molecular flexibility index (Phi) is 13.7. The van der Waals surface area contributed by atoms with Gasteiger partial charge in [-0.1, -0.05) is 24.3 Å². The summed E-state index contributed by atoms with van der Waals surface area (Å²) >= 11 is 0. The predicted molar refractivity (Wildman–Crippen MR) is 163 cm³/mol. The van der Waals surface area contributed by atoms with Crippen molar-refractivity contribution in [3.05, 3.63) is 117 Å². The number of amides is 2. The van der Waals surface area contributed by atoms with Crippen molar-refractivity contribution in [2.45, 2.75) is 6.54 Å². The summed E-state index contributed by atoms with van der Waals surface area (Å²) in [7, 11) is -2.43. The van der Waals surface area contributed by atoms with Gasteiger partial charge < -0.3 is 23.3 Å². The zero-order chi connectivity index (χ0) is 32.0. The summed E-state index contributed by atoms with van der Waals surface area (Å²) in [5.41, 5.74) is 0.555. The van der Waals surface area contributed by atoms with Crippen molar-refractivity contribution in [2.75, 3.05) is 33.5 Å². The van der Waals surface area contributed by atoms with E-state index in [0.717, 1.165) is 4.90 Å². The average molecular weight is 613 g/mol. The molecule has 4 rings (SSSR count). The molecule has 1 aromatic heterocycles. The number of carbonyl (C=O) groups excluding carboxylic acids is 2. The van der Waals surface area contributed by atoms with Gasteiger partial charge in [-0.15, -0.1) is 39.5 Å². The van der Waals surface area contributed by atoms with Gasteiger partial charge in [0.2, 0.25) is 0 Å². The van der Waals surface area contributed by atoms with E-state index >= 15 is 0 Å². The van der Waals surface area contributed by atoms with E-state index in [-0.39, 0.29) is 54.7 Å². The van der Waals surface area contributed by atoms with Crippen LogP contribution in [0.4, 0.5) is 4.39 Å². The predicted octanol–water partition coefficient (Wildman–Crippen LogP) is 6.69. The van der Waals surface area contributed by atoms with Crippen LogP contribution in [0.2, 0.25) is 0 Å². The van der Waals surface area contributed by atoms with Crippen molar-refractivity contribution >= 4 is 30.3 Å². The number of hydrogen-bond donors (Lipinski definition) is 0. The van der Waals surface area contributed by atoms with Crippen molar-refractivity contribution in [1.82, 2.24) is 9.88 Å². The molecule has 228 valence electrons. The lowest BCUT2D eigenvalue weighted by atomic mass is 10.0. The first-order valence-corrected chi connectivity index (χ1v) is 14.5. The molecule has 0 saturated heterocycles. The van der Waals surface area contributed by atoms with Crippen LogP contribution in [0.1, 0.15) is 26.3 Å². The van der Waals surface area contributed by atoms with Gasteiger partial charge in [0.05, 0.1) is 25.3 Å². The fourth-order valence-corrected chi connectivity index (χ4v) is 5.11. The number of halogens is 1. The molecule has 3 aromatic rings. The quantitative estimate of drug-likeness (QED) is 0.0850. The summed E-state index contributed by atoms with van der Waals surface area (Å²) in [6.45, 7) is 18.6. The topological polar surface area (TPSA) is 113 Å². The maximum absolute atomic E-state index is 13.7. The molecule has 0 aliphatic carbocycles. The van der Waals surface area contributed by atoms with Crippen LogP contribution in [0.25, 0.3) is 10.9 Å². The van der Waals surface area contributed by atoms with E-state index in [1.807, 2.05) is 0 Å². The van der Waals surface area contributed by atoms with Gasteiger partial charge in [-0.2, -0.15) is 0 Å². The molecule has 0 spiro atoms. The molecular formula is C31H34FN2O8P. The van der Waals surface area contributed by atoms with Crippen LogP contribution in [0.3, 0.4) is 0 Å². The molecule has 0 N–H and O–H groups in total. The third kappa shape index (κ3) is 8.12. The number of ether oxygens (including phenoxy) is 3. The molecule has 1 aliphatic heterocycles. The zero-order valence-electron chi connectivity index (χ0n) is 24.0. The lowest BCUT2D eigenvalue weighted by molar-refractivity contribution is 0.0505. The first-order valence-electron chi connectivity index (χ1n) is 12.7. The average Bonchev–Trinajstić information content (AvgIpc) is 3.28. The van der Waals surface area contributed by atoms with Gasteiger partial charge in [0.15, 0.2) is 18.9 Å². The molecule has 2 heterocycles. The Balaban J connectivity index is 0.00000155. The molecule has 1 aliphatic rings. The van der Waals surface area contributed by atoms with Crippen molar-refractivity contribution in [3.63, 3.8) is 0 Å². The highest BCUT2D eigenvalue weighted by Gasteiger charge is 2.43. The molecule has 0 unspecified atom stereocenters. The number of carbonyl (C=O) groups is 2. The largest absolute Gasteiger partial charge is 0.479 e. The van der Waals surface area contributed by atoms with E-state index < -0.39 is 31.6 Å². The third-order valence-corrected chi connectivity index (χ3v) is 7.14. The maximum Gasteiger partial charge on any atom is 0.368 e. The normalized spacial score (nSPS) is 12.0. The molecule has 0 atom stereocenters. The fraction of sp³-hybridized carbons (Fsp3) is 0.194. The summed E-state index contributed by atoms with van der Waals surface area (Å²) in [5, 5.41) is 0.325. The van der Waals surface area contributed by atoms with Crippen molar-refractivity contribution in [3.8, 4) is 11.5 Å². The summed E-state index contributed by atoms with van der Waals surface area (Å²) in [6.07, 6.45) is 3.71. The first-order chi connectivity index (χ1) is 20.8. The number of fused-ring (bicyclic) bond motifs is 2. The Morgan fingerprint density at radius 3 is 2.05 bits per heavy atom. The van der Waals surface area contributed by atoms with Crippen LogP contribution < -0.4 is 9.47 Å². The Labute approximate surface area is 250 Å². The molecule has 10 nitrogen and oxygen atoms in total. The number of nitrogens with zero attached hydrogens (tertiary/aromatic N) is 2. The summed E-state index contributed by atoms with van der Waals surface area (Å²) in [4.78, 5) is 32.7. The van der Waals surface area contributed by atoms with Crippen LogP contribution in [-0.2, 0) is 24.9 Å². The van der Waals surface area contributed by atoms with E-state index in [1.165, 1.54) is 49.7 Å². The molecule has 2 aromatic carbocycles. The molecule has 0 saturated carbocycles. The minimum Gasteiger partial charge on any atom is -0.479 e. The van der Waals surface area contributed by atoms with Crippen LogP contribution in [0.5, 0.6) is 11.5 Å². The SMILES string of the molecule is C=C.C=C.C=CCOP(=O)(COc1c2c(c(OCOC)c3ncccc13)C(=O)N(Cc1ccc(F)cc1)C2=O)OCC=C. The first kappa shape index (κ1) is 34.8. The molecule has 2 amide bonds. The van der Waals surface area contributed by atoms with E-state index in [9.17, 15) is 18.5 Å². The number of rotatable bonds is 14. The van der Waals surface area contributed by atoms with E-state index in [4.69, 9.17) is 23.3 Å². The minimum absolute atomic E-state index is 0.0313. The Morgan fingerprint density at radius 1 is 0.907 bits per heavy atom. The highest BCUT2D eigenvalue weighted by Crippen LogP contribution is 2.50. The van der Waals surface area contributed by atoms with Gasteiger partial charge in [0, 0.05) is 18.7 Å². The molecule has 0 fully saturated rings. The molecule has 12 heteroatoms. The lowest BCUT2D eigenvalue weighted by Crippen LogP contribution is -2.29. The van der Waals surface area contributed by atoms with Crippen LogP contribution in [0, 0.1) is 5.82 Å². The Morgan fingerprint density at radius 2 is 1.49 bits per heavy atom. The summed E-state index contributed by atoms with van der Waals surface area (Å²) < 4.78 is 54.2. The fourth-order valence-electron chi connectivity index (χ4n) is 3.93. The van der Waals surface area contributed by atoms with E-state index in [0.29, 0.717) is 10.9 Å². The number of pyridine rings is 1. The van der Waals surface area contributed by atoms with Gasteiger partial charge in [-0.3, -0.25) is 24.0 Å². The van der Waals surface area contributed by atoms with Crippen molar-refractivity contribution in [2.24, 2.45) is 0 Å². The van der Waals surface area contributed by atoms with Gasteiger partial charge in [-0.05, 0) is 29.8 Å². The number of methoxy groups -OCH3 is 1. The molecule has 43 heavy (non-hydrogen) atoms. The standard InChI is InChI=1S/C27H26FN2O8P.2C2H4/c1-4-13-37-39(33,38-14-5-2)17-36-24-20-7-6-12-29-23(20)25(35-16-34-3)22-21(24)26(31)30(27(22)32)15-18-8-10-19(28)11-9-18;2*1-2/h4-12H,1-2,13-17H2,3H3;2*1-2H2. The monoisotopic (exact) mass is 612 g/mol. The van der Waals surface area contributed by atoms with Crippen LogP contribution in [-0.4, -0.2) is 55.2 Å². The maximum atomic E-state index is 13.7. The second-order valence-corrected chi connectivity index (χ2v) is 10.2. The van der Waals surface area contributed by atoms with E-state index in [1.54, 1.807) is 12.1 Å². The number of benzene rings is 2. The highest BCUT2D eigenvalue weighted by molar-refractivity contribution is 7.53. The van der Waals surface area contributed by atoms with Crippen molar-refractivity contribution < 1.29 is 41.8 Å². The summed E-state index contributed by atoms with van der Waals surface area (Å²) in [6, 6.07) is 8.65. The zero-order valence-corrected chi connectivity index (χ0v) is 24.9. The molecular weight excluding hydrogens is 578 g/mol. The number of imide groups is 1. The van der Waals surface area contributed by atoms with Crippen LogP contribution in [0.15, 0.2) is 94.2 Å². The Bertz CT molecular complexity index is 1480. The van der Waals surface area contributed by atoms with Crippen LogP contribution >= 0.6 is 7.60 Å². The minimum atomic E-state index is -3.84. The third-order valence-electron chi connectivity index (χ3n) is 5.61. The van der Waals surface area contributed by atoms with Gasteiger partial charge in [0.25, 0.3) is 11.8 Å². The number of hydrogen-bond acceptors (Lipinski definition) is 9. The second-order valence-electron chi connectivity index (χ2n) is 8.23. The summed E-state index contributed by atoms with van der Waals surface area (Å²) in [5.74, 6) is -1.81. The van der Waals surface area contributed by atoms with E-state index in [2.05, 4.69) is 44.5 Å². The molecule has 0 radical (unpaired) electrons. The lowest BCUT2D eigenvalue weighted by Gasteiger charge is -2.20. The molecule has 0 bridgehead atoms. The second kappa shape index (κ2) is 16.9. The number of aromatic nitrogens is 1. The van der Waals surface area contributed by atoms with Gasteiger partial charge >= 0.3 is 7.60 Å². The Hall–Kier alpha value is -4.41. The highest BCUT2D eigenvalue weighted by atomic mass is 31.2. The van der Waals surface area contributed by atoms with Crippen molar-refractivity contribution in [1.29, 1.82) is 0 Å².